The number of rotatable bonds is 9. The van der Waals surface area contributed by atoms with Crippen LogP contribution in [-0.2, 0) is 17.9 Å². The van der Waals surface area contributed by atoms with Crippen LogP contribution in [0.2, 0.25) is 0 Å². The zero-order valence-corrected chi connectivity index (χ0v) is 20.6. The quantitative estimate of drug-likeness (QED) is 0.365. The molecule has 0 fully saturated rings. The molecule has 0 radical (unpaired) electrons. The molecule has 1 amide bonds. The van der Waals surface area contributed by atoms with E-state index >= 15 is 0 Å². The molecule has 1 atom stereocenters. The molecule has 0 bridgehead atoms. The van der Waals surface area contributed by atoms with Gasteiger partial charge < -0.3 is 14.9 Å². The smallest absolute Gasteiger partial charge is 0.330 e. The second-order valence-electron chi connectivity index (χ2n) is 8.70. The minimum Gasteiger partial charge on any atom is -0.497 e. The summed E-state index contributed by atoms with van der Waals surface area (Å²) in [6, 6.07) is 14.9. The molecule has 2 aromatic heterocycles. The first-order valence-corrected chi connectivity index (χ1v) is 11.9. The molecule has 188 valence electrons. The number of hydrogen-bond donors (Lipinski definition) is 2. The van der Waals surface area contributed by atoms with Crippen molar-refractivity contribution in [1.82, 2.24) is 9.55 Å². The van der Waals surface area contributed by atoms with Gasteiger partial charge in [-0.15, -0.1) is 0 Å². The molecule has 9 heteroatoms. The third-order valence-corrected chi connectivity index (χ3v) is 6.32. The number of benzene rings is 2. The lowest BCUT2D eigenvalue weighted by Gasteiger charge is -2.26. The van der Waals surface area contributed by atoms with Gasteiger partial charge in [-0.2, -0.15) is 0 Å². The van der Waals surface area contributed by atoms with Gasteiger partial charge >= 0.3 is 5.69 Å². The number of carbonyl (C=O) groups is 1. The summed E-state index contributed by atoms with van der Waals surface area (Å²) in [6.45, 7) is 4.08. The third-order valence-electron chi connectivity index (χ3n) is 6.32. The molecular weight excluding hydrogens is 460 g/mol. The van der Waals surface area contributed by atoms with E-state index in [2.05, 4.69) is 4.98 Å². The monoisotopic (exact) mass is 490 g/mol. The maximum atomic E-state index is 13.9. The number of nitrogens with zero attached hydrogens (tertiary/aromatic N) is 2. The molecule has 0 unspecified atom stereocenters. The van der Waals surface area contributed by atoms with E-state index in [0.717, 1.165) is 28.5 Å². The van der Waals surface area contributed by atoms with E-state index in [1.165, 1.54) is 15.7 Å². The Balaban J connectivity index is 1.77. The highest BCUT2D eigenvalue weighted by atomic mass is 16.5. The number of methoxy groups -OCH3 is 1. The summed E-state index contributed by atoms with van der Waals surface area (Å²) in [4.78, 5) is 42.9. The van der Waals surface area contributed by atoms with E-state index in [1.54, 1.807) is 26.2 Å². The summed E-state index contributed by atoms with van der Waals surface area (Å²) in [5, 5.41) is 1.94. The van der Waals surface area contributed by atoms with Gasteiger partial charge in [0.15, 0.2) is 5.69 Å². The lowest BCUT2D eigenvalue weighted by molar-refractivity contribution is -0.119. The molecule has 2 heterocycles. The Hall–Kier alpha value is -4.27. The Kier molecular flexibility index (Phi) is 7.28. The number of fused-ring (bicyclic) bond motifs is 1. The summed E-state index contributed by atoms with van der Waals surface area (Å²) < 4.78 is 12.1. The fourth-order valence-corrected chi connectivity index (χ4v) is 4.22. The lowest BCUT2D eigenvalue weighted by Crippen LogP contribution is -2.42. The van der Waals surface area contributed by atoms with Crippen LogP contribution in [-0.4, -0.2) is 22.6 Å². The summed E-state index contributed by atoms with van der Waals surface area (Å²) in [5.74, 6) is 0.219. The summed E-state index contributed by atoms with van der Waals surface area (Å²) >= 11 is 0. The normalized spacial score (nSPS) is 12.0. The average Bonchev–Trinajstić information content (AvgIpc) is 3.39. The largest absolute Gasteiger partial charge is 0.497 e. The molecule has 4 rings (SSSR count). The molecule has 0 aliphatic heterocycles. The Morgan fingerprint density at radius 1 is 1.17 bits per heavy atom. The first-order valence-electron chi connectivity index (χ1n) is 11.9. The van der Waals surface area contributed by atoms with E-state index in [-0.39, 0.29) is 24.0 Å². The molecule has 0 saturated carbocycles. The Bertz CT molecular complexity index is 1490. The van der Waals surface area contributed by atoms with Gasteiger partial charge in [-0.3, -0.25) is 24.0 Å². The maximum Gasteiger partial charge on any atom is 0.330 e. The number of anilines is 2. The number of carbonyl (C=O) groups excluding carboxylic acids is 1. The van der Waals surface area contributed by atoms with Crippen LogP contribution in [0.1, 0.15) is 43.9 Å². The Labute approximate surface area is 208 Å². The number of nitrogens with two attached hydrogens (primary N) is 1. The van der Waals surface area contributed by atoms with Crippen molar-refractivity contribution in [1.29, 1.82) is 0 Å². The number of aromatic amines is 1. The zero-order valence-electron chi connectivity index (χ0n) is 20.6. The second kappa shape index (κ2) is 10.6. The van der Waals surface area contributed by atoms with Gasteiger partial charge in [-0.25, -0.2) is 4.79 Å². The molecule has 9 nitrogen and oxygen atoms in total. The van der Waals surface area contributed by atoms with Crippen molar-refractivity contribution < 1.29 is 13.9 Å². The van der Waals surface area contributed by atoms with Crippen LogP contribution in [0.4, 0.5) is 11.5 Å². The number of nitrogen functional groups attached to an aromatic ring is 1. The third kappa shape index (κ3) is 4.91. The number of ether oxygens (including phenoxy) is 1. The van der Waals surface area contributed by atoms with Crippen LogP contribution in [0.3, 0.4) is 0 Å². The summed E-state index contributed by atoms with van der Waals surface area (Å²) in [5.41, 5.74) is 5.73. The number of amides is 1. The highest BCUT2D eigenvalue weighted by Crippen LogP contribution is 2.29. The van der Waals surface area contributed by atoms with E-state index in [0.29, 0.717) is 18.7 Å². The number of aromatic nitrogens is 2. The van der Waals surface area contributed by atoms with E-state index in [1.807, 2.05) is 43.3 Å². The van der Waals surface area contributed by atoms with E-state index in [4.69, 9.17) is 14.9 Å². The van der Waals surface area contributed by atoms with Crippen molar-refractivity contribution in [2.75, 3.05) is 17.7 Å². The minimum atomic E-state index is -0.719. The van der Waals surface area contributed by atoms with Crippen LogP contribution < -0.4 is 26.6 Å². The Morgan fingerprint density at radius 2 is 1.92 bits per heavy atom. The van der Waals surface area contributed by atoms with Gasteiger partial charge in [0.25, 0.3) is 5.56 Å². The predicted molar refractivity (Wildman–Crippen MR) is 139 cm³/mol. The number of furan rings is 1. The fourth-order valence-electron chi connectivity index (χ4n) is 4.22. The molecule has 3 N–H and O–H groups in total. The standard InChI is InChI=1S/C27H30N4O5/c1-4-5-12-30-24(28)23(25(32)29-27(30)34)31(16-22-7-6-13-36-22)26(33)17(2)18-8-9-20-15-21(35-3)11-10-19(20)14-18/h6-11,13-15,17H,4-5,12,16,28H2,1-3H3,(H,29,32,34)/t17-/m0/s1. The second-order valence-corrected chi connectivity index (χ2v) is 8.70. The minimum absolute atomic E-state index is 0.0137. The average molecular weight is 491 g/mol. The van der Waals surface area contributed by atoms with Gasteiger partial charge in [0.05, 0.1) is 25.8 Å². The van der Waals surface area contributed by atoms with Crippen LogP contribution in [0.25, 0.3) is 10.8 Å². The summed E-state index contributed by atoms with van der Waals surface area (Å²) in [7, 11) is 1.61. The van der Waals surface area contributed by atoms with Crippen LogP contribution in [0.15, 0.2) is 68.8 Å². The molecule has 0 aliphatic rings. The molecule has 0 saturated heterocycles. The molecule has 36 heavy (non-hydrogen) atoms. The first-order chi connectivity index (χ1) is 17.3. The van der Waals surface area contributed by atoms with Crippen LogP contribution in [0.5, 0.6) is 5.75 Å². The van der Waals surface area contributed by atoms with E-state index in [9.17, 15) is 14.4 Å². The number of unbranched alkanes of at least 4 members (excludes halogenated alkanes) is 1. The van der Waals surface area contributed by atoms with Crippen LogP contribution in [0, 0.1) is 0 Å². The van der Waals surface area contributed by atoms with Gasteiger partial charge in [0.1, 0.15) is 17.3 Å². The Morgan fingerprint density at radius 3 is 2.61 bits per heavy atom. The van der Waals surface area contributed by atoms with Crippen molar-refractivity contribution in [3.05, 3.63) is 87.0 Å². The molecule has 0 aliphatic carbocycles. The maximum absolute atomic E-state index is 13.9. The van der Waals surface area contributed by atoms with Gasteiger partial charge in [0, 0.05) is 6.54 Å². The van der Waals surface area contributed by atoms with Crippen molar-refractivity contribution in [2.24, 2.45) is 0 Å². The highest BCUT2D eigenvalue weighted by Gasteiger charge is 2.29. The fraction of sp³-hybridized carbons (Fsp3) is 0.296. The highest BCUT2D eigenvalue weighted by molar-refractivity contribution is 6.00. The van der Waals surface area contributed by atoms with Crippen molar-refractivity contribution in [2.45, 2.75) is 45.7 Å². The summed E-state index contributed by atoms with van der Waals surface area (Å²) in [6.07, 6.45) is 3.02. The molecule has 0 spiro atoms. The van der Waals surface area contributed by atoms with Crippen molar-refractivity contribution in [3.63, 3.8) is 0 Å². The predicted octanol–water partition coefficient (Wildman–Crippen LogP) is 4.01. The van der Waals surface area contributed by atoms with Gasteiger partial charge in [-0.05, 0) is 53.9 Å². The molecule has 4 aromatic rings. The van der Waals surface area contributed by atoms with Gasteiger partial charge in [0.2, 0.25) is 5.91 Å². The number of hydrogen-bond acceptors (Lipinski definition) is 6. The number of nitrogens with one attached hydrogen (secondary N) is 1. The molecule has 2 aromatic carbocycles. The van der Waals surface area contributed by atoms with Crippen LogP contribution >= 0.6 is 0 Å². The zero-order chi connectivity index (χ0) is 25.8. The van der Waals surface area contributed by atoms with E-state index < -0.39 is 17.2 Å². The van der Waals surface area contributed by atoms with Crippen molar-refractivity contribution >= 4 is 28.2 Å². The van der Waals surface area contributed by atoms with Gasteiger partial charge in [-0.1, -0.05) is 37.6 Å². The number of H-pyrrole nitrogens is 1. The lowest BCUT2D eigenvalue weighted by atomic mass is 9.96. The molecular formula is C27H30N4O5. The first kappa shape index (κ1) is 24.8. The SMILES string of the molecule is CCCCn1c(N)c(N(Cc2ccco2)C(=O)[C@@H](C)c2ccc3cc(OC)ccc3c2)c(=O)[nH]c1=O. The topological polar surface area (TPSA) is 124 Å². The van der Waals surface area contributed by atoms with Crippen molar-refractivity contribution in [3.8, 4) is 5.75 Å².